The van der Waals surface area contributed by atoms with Gasteiger partial charge >= 0.3 is 6.18 Å². The summed E-state index contributed by atoms with van der Waals surface area (Å²) in [5, 5.41) is 7.49. The van der Waals surface area contributed by atoms with Gasteiger partial charge in [0.1, 0.15) is 5.75 Å². The highest BCUT2D eigenvalue weighted by molar-refractivity contribution is 14.0. The van der Waals surface area contributed by atoms with E-state index < -0.39 is 12.8 Å². The van der Waals surface area contributed by atoms with Gasteiger partial charge in [0.05, 0.1) is 11.6 Å². The van der Waals surface area contributed by atoms with Crippen molar-refractivity contribution in [3.05, 3.63) is 45.9 Å². The Bertz CT molecular complexity index is 735. The van der Waals surface area contributed by atoms with Gasteiger partial charge < -0.3 is 15.4 Å². The predicted molar refractivity (Wildman–Crippen MR) is 117 cm³/mol. The molecule has 0 bridgehead atoms. The van der Waals surface area contributed by atoms with Crippen LogP contribution >= 0.6 is 35.3 Å². The summed E-state index contributed by atoms with van der Waals surface area (Å²) in [6, 6.07) is 6.44. The van der Waals surface area contributed by atoms with E-state index in [1.807, 2.05) is 20.0 Å². The van der Waals surface area contributed by atoms with Gasteiger partial charge in [0.15, 0.2) is 12.6 Å². The van der Waals surface area contributed by atoms with Crippen molar-refractivity contribution in [2.24, 2.45) is 4.99 Å². The lowest BCUT2D eigenvalue weighted by Gasteiger charge is -2.11. The summed E-state index contributed by atoms with van der Waals surface area (Å²) in [5.41, 5.74) is 0.877. The second-order valence-corrected chi connectivity index (χ2v) is 7.10. The normalized spacial score (nSPS) is 11.7. The number of aliphatic imine (C=N–C) groups is 1. The number of hydrogen-bond donors (Lipinski definition) is 2. The molecule has 0 radical (unpaired) electrons. The zero-order valence-electron chi connectivity index (χ0n) is 15.7. The molecule has 0 amide bonds. The Morgan fingerprint density at radius 2 is 1.93 bits per heavy atom. The van der Waals surface area contributed by atoms with Crippen molar-refractivity contribution >= 4 is 41.3 Å². The monoisotopic (exact) mass is 528 g/mol. The molecule has 2 rings (SSSR count). The van der Waals surface area contributed by atoms with Crippen LogP contribution in [0.15, 0.2) is 35.5 Å². The minimum atomic E-state index is -4.34. The Morgan fingerprint density at radius 1 is 1.21 bits per heavy atom. The van der Waals surface area contributed by atoms with Crippen molar-refractivity contribution in [2.75, 3.05) is 19.7 Å². The average molecular weight is 528 g/mol. The number of nitrogens with zero attached hydrogens (tertiary/aromatic N) is 2. The van der Waals surface area contributed by atoms with E-state index in [4.69, 9.17) is 4.74 Å². The van der Waals surface area contributed by atoms with Crippen molar-refractivity contribution in [1.29, 1.82) is 0 Å². The third-order valence-corrected chi connectivity index (χ3v) is 4.36. The molecule has 1 aromatic carbocycles. The summed E-state index contributed by atoms with van der Waals surface area (Å²) in [7, 11) is 0. The molecular weight excluding hydrogens is 504 g/mol. The van der Waals surface area contributed by atoms with Gasteiger partial charge in [-0.3, -0.25) is 0 Å². The standard InChI is InChI=1S/C18H23F3N4OS.HI/c1-3-22-17(23-9-8-16-24-10-13(2)27-16)25-11-14-4-6-15(7-5-14)26-12-18(19,20)21;/h4-7,10H,3,8-9,11-12H2,1-2H3,(H2,22,23,25);1H. The maximum Gasteiger partial charge on any atom is 0.422 e. The van der Waals surface area contributed by atoms with Gasteiger partial charge in [0.2, 0.25) is 0 Å². The predicted octanol–water partition coefficient (Wildman–Crippen LogP) is 4.31. The van der Waals surface area contributed by atoms with Gasteiger partial charge in [-0.1, -0.05) is 12.1 Å². The lowest BCUT2D eigenvalue weighted by atomic mass is 10.2. The number of halogens is 4. The number of hydrogen-bond acceptors (Lipinski definition) is 4. The molecule has 0 saturated carbocycles. The SMILES string of the molecule is CCNC(=NCc1ccc(OCC(F)(F)F)cc1)NCCc1ncc(C)s1.I. The number of guanidine groups is 1. The Labute approximate surface area is 183 Å². The molecule has 1 heterocycles. The summed E-state index contributed by atoms with van der Waals surface area (Å²) >= 11 is 1.68. The van der Waals surface area contributed by atoms with Crippen LogP contribution in [0.25, 0.3) is 0 Å². The molecule has 0 aliphatic rings. The third kappa shape index (κ3) is 9.58. The zero-order valence-corrected chi connectivity index (χ0v) is 18.8. The first-order chi connectivity index (χ1) is 12.9. The minimum absolute atomic E-state index is 0. The Morgan fingerprint density at radius 3 is 2.50 bits per heavy atom. The largest absolute Gasteiger partial charge is 0.484 e. The third-order valence-electron chi connectivity index (χ3n) is 3.39. The van der Waals surface area contributed by atoms with Gasteiger partial charge in [-0.15, -0.1) is 35.3 Å². The first-order valence-corrected chi connectivity index (χ1v) is 9.39. The van der Waals surface area contributed by atoms with Crippen molar-refractivity contribution in [1.82, 2.24) is 15.6 Å². The summed E-state index contributed by atoms with van der Waals surface area (Å²) in [5.74, 6) is 0.868. The van der Waals surface area contributed by atoms with Gasteiger partial charge in [-0.05, 0) is 31.5 Å². The smallest absolute Gasteiger partial charge is 0.422 e. The molecule has 10 heteroatoms. The van der Waals surface area contributed by atoms with Crippen molar-refractivity contribution in [3.63, 3.8) is 0 Å². The second-order valence-electron chi connectivity index (χ2n) is 5.78. The summed E-state index contributed by atoms with van der Waals surface area (Å²) < 4.78 is 41.2. The molecule has 0 atom stereocenters. The number of aryl methyl sites for hydroxylation is 1. The molecule has 0 aliphatic carbocycles. The van der Waals surface area contributed by atoms with Crippen LogP contribution in [0.2, 0.25) is 0 Å². The fraction of sp³-hybridized carbons (Fsp3) is 0.444. The van der Waals surface area contributed by atoms with E-state index in [-0.39, 0.29) is 29.7 Å². The second kappa shape index (κ2) is 12.1. The van der Waals surface area contributed by atoms with E-state index in [0.29, 0.717) is 19.0 Å². The highest BCUT2D eigenvalue weighted by atomic mass is 127. The van der Waals surface area contributed by atoms with Crippen molar-refractivity contribution in [2.45, 2.75) is 33.0 Å². The molecule has 0 saturated heterocycles. The number of alkyl halides is 3. The van der Waals surface area contributed by atoms with Gasteiger partial charge in [-0.2, -0.15) is 13.2 Å². The van der Waals surface area contributed by atoms with E-state index in [1.54, 1.807) is 23.5 Å². The van der Waals surface area contributed by atoms with E-state index in [9.17, 15) is 13.2 Å². The lowest BCUT2D eigenvalue weighted by Crippen LogP contribution is -2.38. The summed E-state index contributed by atoms with van der Waals surface area (Å²) in [4.78, 5) is 10.0. The van der Waals surface area contributed by atoms with E-state index >= 15 is 0 Å². The Hall–Kier alpha value is -1.56. The maximum atomic E-state index is 12.2. The number of ether oxygens (including phenoxy) is 1. The molecule has 0 aliphatic heterocycles. The fourth-order valence-electron chi connectivity index (χ4n) is 2.17. The number of benzene rings is 1. The quantitative estimate of drug-likeness (QED) is 0.305. The summed E-state index contributed by atoms with van der Waals surface area (Å²) in [6.07, 6.45) is -1.66. The van der Waals surface area contributed by atoms with E-state index in [0.717, 1.165) is 23.5 Å². The average Bonchev–Trinajstić information content (AvgIpc) is 3.03. The first-order valence-electron chi connectivity index (χ1n) is 8.57. The highest BCUT2D eigenvalue weighted by Crippen LogP contribution is 2.19. The summed E-state index contributed by atoms with van der Waals surface area (Å²) in [6.45, 7) is 4.56. The topological polar surface area (TPSA) is 58.5 Å². The molecule has 28 heavy (non-hydrogen) atoms. The fourth-order valence-corrected chi connectivity index (χ4v) is 2.96. The molecule has 2 N–H and O–H groups in total. The molecule has 0 spiro atoms. The molecular formula is C18H24F3IN4OS. The first kappa shape index (κ1) is 24.5. The number of rotatable bonds is 8. The van der Waals surface area contributed by atoms with Crippen LogP contribution < -0.4 is 15.4 Å². The number of thiazole rings is 1. The van der Waals surface area contributed by atoms with E-state index in [1.165, 1.54) is 17.0 Å². The van der Waals surface area contributed by atoms with E-state index in [2.05, 4.69) is 20.6 Å². The molecule has 2 aromatic rings. The van der Waals surface area contributed by atoms with Gasteiger partial charge in [0, 0.05) is 30.6 Å². The molecule has 156 valence electrons. The Balaban J connectivity index is 0.00000392. The molecule has 0 fully saturated rings. The van der Waals surface area contributed by atoms with Crippen LogP contribution in [0, 0.1) is 6.92 Å². The van der Waals surface area contributed by atoms with Crippen LogP contribution in [0.4, 0.5) is 13.2 Å². The van der Waals surface area contributed by atoms with Crippen LogP contribution in [0.3, 0.4) is 0 Å². The lowest BCUT2D eigenvalue weighted by molar-refractivity contribution is -0.153. The number of nitrogens with one attached hydrogen (secondary N) is 2. The van der Waals surface area contributed by atoms with Crippen molar-refractivity contribution in [3.8, 4) is 5.75 Å². The number of aromatic nitrogens is 1. The van der Waals surface area contributed by atoms with Gasteiger partial charge in [-0.25, -0.2) is 9.98 Å². The minimum Gasteiger partial charge on any atom is -0.484 e. The molecule has 0 unspecified atom stereocenters. The molecule has 1 aromatic heterocycles. The zero-order chi connectivity index (χ0) is 19.7. The molecule has 5 nitrogen and oxygen atoms in total. The van der Waals surface area contributed by atoms with Crippen LogP contribution in [0.1, 0.15) is 22.4 Å². The van der Waals surface area contributed by atoms with Crippen molar-refractivity contribution < 1.29 is 17.9 Å². The maximum absolute atomic E-state index is 12.2. The van der Waals surface area contributed by atoms with Crippen LogP contribution in [0.5, 0.6) is 5.75 Å². The Kier molecular flexibility index (Phi) is 10.6. The van der Waals surface area contributed by atoms with Gasteiger partial charge in [0.25, 0.3) is 0 Å². The van der Waals surface area contributed by atoms with Crippen LogP contribution in [-0.2, 0) is 13.0 Å². The van der Waals surface area contributed by atoms with Crippen LogP contribution in [-0.4, -0.2) is 36.8 Å². The highest BCUT2D eigenvalue weighted by Gasteiger charge is 2.28.